The largest absolute Gasteiger partial charge is 0.466 e. The van der Waals surface area contributed by atoms with Gasteiger partial charge in [-0.3, -0.25) is 9.69 Å². The van der Waals surface area contributed by atoms with Crippen molar-refractivity contribution in [1.82, 2.24) is 4.90 Å². The number of carbonyl (C=O) groups excluding carboxylic acids is 2. The zero-order chi connectivity index (χ0) is 41.7. The van der Waals surface area contributed by atoms with Crippen molar-refractivity contribution in [3.05, 3.63) is 0 Å². The monoisotopic (exact) mass is 808 g/mol. The molecule has 0 saturated carbocycles. The van der Waals surface area contributed by atoms with Gasteiger partial charge in [-0.25, -0.2) is 0 Å². The highest BCUT2D eigenvalue weighted by Gasteiger charge is 2.14. The Kier molecular flexibility index (Phi) is 45.3. The van der Waals surface area contributed by atoms with Gasteiger partial charge in [0.1, 0.15) is 6.29 Å². The minimum absolute atomic E-state index is 0.0161. The van der Waals surface area contributed by atoms with Gasteiger partial charge in [-0.2, -0.15) is 0 Å². The van der Waals surface area contributed by atoms with Crippen molar-refractivity contribution in [1.29, 1.82) is 0 Å². The molecule has 1 rings (SSSR count). The van der Waals surface area contributed by atoms with Crippen molar-refractivity contribution in [3.8, 4) is 0 Å². The van der Waals surface area contributed by atoms with Gasteiger partial charge in [-0.1, -0.05) is 195 Å². The number of methoxy groups -OCH3 is 1. The van der Waals surface area contributed by atoms with Gasteiger partial charge in [0.05, 0.1) is 19.8 Å². The molecule has 1 heterocycles. The van der Waals surface area contributed by atoms with E-state index in [0.29, 0.717) is 13.0 Å². The molecule has 340 valence electrons. The molecule has 0 aromatic rings. The summed E-state index contributed by atoms with van der Waals surface area (Å²) in [5.41, 5.74) is 0. The first-order valence-corrected chi connectivity index (χ1v) is 25.4. The SMILES string of the molecule is CCCCCC(CCCCC)CCOC.CCCCCC(CCCCC)CCOC(=O)CCCCCCCC(CCCCCCCC=O)CCCN1CCOCC1. The van der Waals surface area contributed by atoms with Crippen LogP contribution in [0.5, 0.6) is 0 Å². The van der Waals surface area contributed by atoms with Crippen LogP contribution >= 0.6 is 0 Å². The fraction of sp³-hybridized carbons (Fsp3) is 0.961. The molecule has 57 heavy (non-hydrogen) atoms. The van der Waals surface area contributed by atoms with Crippen molar-refractivity contribution in [2.24, 2.45) is 17.8 Å². The highest BCUT2D eigenvalue weighted by atomic mass is 16.5. The number of rotatable bonds is 42. The van der Waals surface area contributed by atoms with E-state index in [4.69, 9.17) is 14.2 Å². The first-order valence-electron chi connectivity index (χ1n) is 25.4. The third-order valence-electron chi connectivity index (χ3n) is 12.5. The Bertz CT molecular complexity index is 782. The molecule has 0 aromatic carbocycles. The zero-order valence-corrected chi connectivity index (χ0v) is 39.3. The summed E-state index contributed by atoms with van der Waals surface area (Å²) in [4.78, 5) is 25.4. The molecule has 0 N–H and O–H groups in total. The Balaban J connectivity index is 0.00000175. The molecule has 6 heteroatoms. The Hall–Kier alpha value is -0.980. The molecule has 0 aromatic heterocycles. The number of carbonyl (C=O) groups is 2. The number of hydrogen-bond donors (Lipinski definition) is 0. The maximum atomic E-state index is 12.3. The standard InChI is InChI=1S/C37H71NO4.C14H30O/c1-3-5-14-21-36(22-15-6-4-2)27-32-42-37(40)26-18-12-9-11-17-24-35(23-16-10-7-8-13-19-31-39)25-20-28-38-29-33-41-34-30-38;1-4-6-8-10-14(12-13-15-3)11-9-7-5-2/h31,35-36H,3-30,32-34H2,1-2H3;14H,4-13H2,1-3H3. The van der Waals surface area contributed by atoms with Crippen LogP contribution in [0.3, 0.4) is 0 Å². The normalized spacial score (nSPS) is 13.9. The third-order valence-corrected chi connectivity index (χ3v) is 12.5. The number of hydrogen-bond acceptors (Lipinski definition) is 6. The highest BCUT2D eigenvalue weighted by Crippen LogP contribution is 2.25. The van der Waals surface area contributed by atoms with Gasteiger partial charge in [-0.15, -0.1) is 0 Å². The molecule has 0 amide bonds. The van der Waals surface area contributed by atoms with E-state index in [2.05, 4.69) is 32.6 Å². The lowest BCUT2D eigenvalue weighted by atomic mass is 9.90. The summed E-state index contributed by atoms with van der Waals surface area (Å²) in [6.07, 6.45) is 43.8. The predicted molar refractivity (Wildman–Crippen MR) is 246 cm³/mol. The van der Waals surface area contributed by atoms with Crippen molar-refractivity contribution < 1.29 is 23.8 Å². The maximum Gasteiger partial charge on any atom is 0.305 e. The van der Waals surface area contributed by atoms with Crippen LogP contribution in [0.2, 0.25) is 0 Å². The van der Waals surface area contributed by atoms with E-state index >= 15 is 0 Å². The summed E-state index contributed by atoms with van der Waals surface area (Å²) in [7, 11) is 1.81. The fourth-order valence-corrected chi connectivity index (χ4v) is 8.58. The van der Waals surface area contributed by atoms with Gasteiger partial charge in [0.25, 0.3) is 0 Å². The number of unbranched alkanes of at least 4 members (excludes halogenated alkanes) is 17. The summed E-state index contributed by atoms with van der Waals surface area (Å²) in [5, 5.41) is 0. The Morgan fingerprint density at radius 3 is 1.40 bits per heavy atom. The molecule has 1 unspecified atom stereocenters. The molecule has 0 radical (unpaired) electrons. The molecular weight excluding hydrogens is 707 g/mol. The number of morpholine rings is 1. The topological polar surface area (TPSA) is 65.1 Å². The zero-order valence-electron chi connectivity index (χ0n) is 39.3. The maximum absolute atomic E-state index is 12.3. The quantitative estimate of drug-likeness (QED) is 0.0348. The lowest BCUT2D eigenvalue weighted by Gasteiger charge is -2.27. The molecule has 1 aliphatic rings. The Morgan fingerprint density at radius 1 is 0.526 bits per heavy atom. The number of nitrogens with zero attached hydrogens (tertiary/aromatic N) is 1. The lowest BCUT2D eigenvalue weighted by Crippen LogP contribution is -2.36. The molecule has 1 atom stereocenters. The highest BCUT2D eigenvalue weighted by molar-refractivity contribution is 5.69. The molecule has 1 saturated heterocycles. The van der Waals surface area contributed by atoms with Gasteiger partial charge in [-0.05, 0) is 62.8 Å². The smallest absolute Gasteiger partial charge is 0.305 e. The van der Waals surface area contributed by atoms with Gasteiger partial charge in [0.2, 0.25) is 0 Å². The van der Waals surface area contributed by atoms with E-state index in [0.717, 1.165) is 89.1 Å². The first-order chi connectivity index (χ1) is 28.0. The van der Waals surface area contributed by atoms with Crippen LogP contribution in [0.15, 0.2) is 0 Å². The summed E-state index contributed by atoms with van der Waals surface area (Å²) >= 11 is 0. The van der Waals surface area contributed by atoms with Crippen molar-refractivity contribution in [2.45, 2.75) is 246 Å². The molecule has 0 bridgehead atoms. The molecule has 0 aliphatic carbocycles. The van der Waals surface area contributed by atoms with E-state index in [1.807, 2.05) is 7.11 Å². The summed E-state index contributed by atoms with van der Waals surface area (Å²) in [6.45, 7) is 15.9. The molecule has 0 spiro atoms. The van der Waals surface area contributed by atoms with Crippen molar-refractivity contribution in [2.75, 3.05) is 53.2 Å². The van der Waals surface area contributed by atoms with Crippen LogP contribution in [0.1, 0.15) is 246 Å². The van der Waals surface area contributed by atoms with Gasteiger partial charge >= 0.3 is 5.97 Å². The average molecular weight is 808 g/mol. The molecule has 6 nitrogen and oxygen atoms in total. The van der Waals surface area contributed by atoms with E-state index in [1.54, 1.807) is 0 Å². The van der Waals surface area contributed by atoms with Crippen molar-refractivity contribution >= 4 is 12.3 Å². The molecule has 1 fully saturated rings. The van der Waals surface area contributed by atoms with Crippen LogP contribution in [0, 0.1) is 17.8 Å². The minimum Gasteiger partial charge on any atom is -0.466 e. The number of aldehydes is 1. The van der Waals surface area contributed by atoms with Crippen molar-refractivity contribution in [3.63, 3.8) is 0 Å². The van der Waals surface area contributed by atoms with Crippen LogP contribution in [-0.4, -0.2) is 70.3 Å². The summed E-state index contributed by atoms with van der Waals surface area (Å²) in [5.74, 6) is 2.52. The predicted octanol–water partition coefficient (Wildman–Crippen LogP) is 14.9. The third kappa shape index (κ3) is 40.2. The second-order valence-corrected chi connectivity index (χ2v) is 17.8. The van der Waals surface area contributed by atoms with E-state index in [9.17, 15) is 9.59 Å². The summed E-state index contributed by atoms with van der Waals surface area (Å²) < 4.78 is 16.3. The molecular formula is C51H101NO5. The second kappa shape index (κ2) is 46.1. The average Bonchev–Trinajstić information content (AvgIpc) is 3.22. The summed E-state index contributed by atoms with van der Waals surface area (Å²) in [6, 6.07) is 0. The van der Waals surface area contributed by atoms with E-state index in [1.165, 1.54) is 186 Å². The fourth-order valence-electron chi connectivity index (χ4n) is 8.58. The van der Waals surface area contributed by atoms with Crippen LogP contribution in [0.25, 0.3) is 0 Å². The second-order valence-electron chi connectivity index (χ2n) is 17.8. The van der Waals surface area contributed by atoms with Crippen LogP contribution in [0.4, 0.5) is 0 Å². The first kappa shape index (κ1) is 56.0. The van der Waals surface area contributed by atoms with Gasteiger partial charge < -0.3 is 19.0 Å². The van der Waals surface area contributed by atoms with Gasteiger partial charge in [0.15, 0.2) is 0 Å². The van der Waals surface area contributed by atoms with Gasteiger partial charge in [0, 0.05) is 39.6 Å². The number of ether oxygens (including phenoxy) is 3. The lowest BCUT2D eigenvalue weighted by molar-refractivity contribution is -0.144. The van der Waals surface area contributed by atoms with Crippen LogP contribution < -0.4 is 0 Å². The van der Waals surface area contributed by atoms with Crippen LogP contribution in [-0.2, 0) is 23.8 Å². The minimum atomic E-state index is 0.0161. The Labute approximate surface area is 356 Å². The van der Waals surface area contributed by atoms with E-state index in [-0.39, 0.29) is 5.97 Å². The Morgan fingerprint density at radius 2 is 0.930 bits per heavy atom. The number of esters is 1. The van der Waals surface area contributed by atoms with E-state index < -0.39 is 0 Å². The molecule has 1 aliphatic heterocycles.